The maximum absolute atomic E-state index is 11.6. The van der Waals surface area contributed by atoms with Crippen molar-refractivity contribution in [3.8, 4) is 6.07 Å². The molecule has 0 aromatic carbocycles. The van der Waals surface area contributed by atoms with Crippen molar-refractivity contribution < 1.29 is 4.79 Å². The molecule has 0 fully saturated rings. The first kappa shape index (κ1) is 14.3. The Morgan fingerprint density at radius 2 is 2.22 bits per heavy atom. The van der Waals surface area contributed by atoms with Gasteiger partial charge in [0.15, 0.2) is 0 Å². The Morgan fingerprint density at radius 3 is 2.78 bits per heavy atom. The van der Waals surface area contributed by atoms with E-state index in [4.69, 9.17) is 16.9 Å². The second-order valence-corrected chi connectivity index (χ2v) is 5.16. The van der Waals surface area contributed by atoms with Crippen molar-refractivity contribution >= 4 is 23.3 Å². The van der Waals surface area contributed by atoms with E-state index in [1.165, 1.54) is 12.3 Å². The summed E-state index contributed by atoms with van der Waals surface area (Å²) >= 11 is 5.95. The number of pyridine rings is 1. The standard InChI is InChI=1S/C12H15ClN4O/c1-12(2,3)17-9(18)7-16-11-10(13)8(6-14)4-5-15-11/h4-5H,7H2,1-3H3,(H,15,16)(H,17,18). The molecule has 0 aliphatic carbocycles. The Balaban J connectivity index is 2.65. The van der Waals surface area contributed by atoms with E-state index in [9.17, 15) is 4.79 Å². The predicted molar refractivity (Wildman–Crippen MR) is 70.3 cm³/mol. The highest BCUT2D eigenvalue weighted by molar-refractivity contribution is 6.34. The van der Waals surface area contributed by atoms with Crippen molar-refractivity contribution in [3.05, 3.63) is 22.8 Å². The number of aromatic nitrogens is 1. The number of anilines is 1. The van der Waals surface area contributed by atoms with Gasteiger partial charge in [0.1, 0.15) is 16.9 Å². The molecule has 0 bridgehead atoms. The normalized spacial score (nSPS) is 10.6. The molecule has 5 nitrogen and oxygen atoms in total. The summed E-state index contributed by atoms with van der Waals surface area (Å²) in [5.41, 5.74) is 0.0372. The van der Waals surface area contributed by atoms with E-state index in [0.717, 1.165) is 0 Å². The Kier molecular flexibility index (Phi) is 4.51. The minimum absolute atomic E-state index is 0.0544. The van der Waals surface area contributed by atoms with Gasteiger partial charge in [0.2, 0.25) is 5.91 Å². The van der Waals surface area contributed by atoms with Crippen LogP contribution in [0.2, 0.25) is 5.02 Å². The fourth-order valence-corrected chi connectivity index (χ4v) is 1.50. The molecule has 0 atom stereocenters. The van der Waals surface area contributed by atoms with Crippen LogP contribution in [0.1, 0.15) is 26.3 Å². The first-order chi connectivity index (χ1) is 8.33. The van der Waals surface area contributed by atoms with E-state index in [0.29, 0.717) is 11.4 Å². The van der Waals surface area contributed by atoms with E-state index < -0.39 is 0 Å². The topological polar surface area (TPSA) is 77.8 Å². The Labute approximate surface area is 111 Å². The third kappa shape index (κ3) is 4.22. The van der Waals surface area contributed by atoms with Crippen LogP contribution in [0.4, 0.5) is 5.82 Å². The maximum Gasteiger partial charge on any atom is 0.239 e. The summed E-state index contributed by atoms with van der Waals surface area (Å²) in [4.78, 5) is 15.6. The van der Waals surface area contributed by atoms with Gasteiger partial charge in [-0.05, 0) is 26.8 Å². The number of carbonyl (C=O) groups is 1. The van der Waals surface area contributed by atoms with Gasteiger partial charge in [-0.3, -0.25) is 4.79 Å². The summed E-state index contributed by atoms with van der Waals surface area (Å²) in [5, 5.41) is 14.6. The lowest BCUT2D eigenvalue weighted by molar-refractivity contribution is -0.120. The van der Waals surface area contributed by atoms with Crippen LogP contribution in [0, 0.1) is 11.3 Å². The molecule has 0 unspecified atom stereocenters. The zero-order chi connectivity index (χ0) is 13.8. The molecule has 1 rings (SSSR count). The highest BCUT2D eigenvalue weighted by Gasteiger charge is 2.14. The quantitative estimate of drug-likeness (QED) is 0.876. The van der Waals surface area contributed by atoms with Gasteiger partial charge >= 0.3 is 0 Å². The number of nitrogens with zero attached hydrogens (tertiary/aromatic N) is 2. The number of amides is 1. The van der Waals surface area contributed by atoms with E-state index in [-0.39, 0.29) is 23.0 Å². The van der Waals surface area contributed by atoms with Crippen LogP contribution in [0.25, 0.3) is 0 Å². The SMILES string of the molecule is CC(C)(C)NC(=O)CNc1nccc(C#N)c1Cl. The molecule has 1 amide bonds. The molecule has 96 valence electrons. The zero-order valence-corrected chi connectivity index (χ0v) is 11.3. The van der Waals surface area contributed by atoms with Gasteiger partial charge in [-0.2, -0.15) is 5.26 Å². The van der Waals surface area contributed by atoms with E-state index in [1.807, 2.05) is 26.8 Å². The molecule has 1 aromatic heterocycles. The second kappa shape index (κ2) is 5.69. The fraction of sp³-hybridized carbons (Fsp3) is 0.417. The van der Waals surface area contributed by atoms with Gasteiger partial charge < -0.3 is 10.6 Å². The van der Waals surface area contributed by atoms with Crippen LogP contribution in [0.15, 0.2) is 12.3 Å². The van der Waals surface area contributed by atoms with Crippen LogP contribution >= 0.6 is 11.6 Å². The zero-order valence-electron chi connectivity index (χ0n) is 10.5. The van der Waals surface area contributed by atoms with Crippen LogP contribution in [-0.2, 0) is 4.79 Å². The summed E-state index contributed by atoms with van der Waals surface area (Å²) in [5.74, 6) is 0.169. The lowest BCUT2D eigenvalue weighted by Gasteiger charge is -2.20. The van der Waals surface area contributed by atoms with E-state index in [1.54, 1.807) is 0 Å². The van der Waals surface area contributed by atoms with Crippen molar-refractivity contribution in [2.45, 2.75) is 26.3 Å². The van der Waals surface area contributed by atoms with E-state index >= 15 is 0 Å². The maximum atomic E-state index is 11.6. The minimum atomic E-state index is -0.287. The number of carbonyl (C=O) groups excluding carboxylic acids is 1. The average Bonchev–Trinajstić information content (AvgIpc) is 2.25. The van der Waals surface area contributed by atoms with Crippen LogP contribution in [-0.4, -0.2) is 23.0 Å². The fourth-order valence-electron chi connectivity index (χ4n) is 1.28. The van der Waals surface area contributed by atoms with Crippen molar-refractivity contribution in [3.63, 3.8) is 0 Å². The molecule has 1 aromatic rings. The van der Waals surface area contributed by atoms with Gasteiger partial charge in [-0.15, -0.1) is 0 Å². The monoisotopic (exact) mass is 266 g/mol. The van der Waals surface area contributed by atoms with Crippen molar-refractivity contribution in [1.82, 2.24) is 10.3 Å². The van der Waals surface area contributed by atoms with Gasteiger partial charge in [0.05, 0.1) is 12.1 Å². The molecule has 1 heterocycles. The summed E-state index contributed by atoms with van der Waals surface area (Å²) in [6.45, 7) is 5.74. The molecule has 6 heteroatoms. The minimum Gasteiger partial charge on any atom is -0.360 e. The summed E-state index contributed by atoms with van der Waals surface area (Å²) < 4.78 is 0. The third-order valence-corrected chi connectivity index (χ3v) is 2.32. The second-order valence-electron chi connectivity index (χ2n) is 4.78. The lowest BCUT2D eigenvalue weighted by Crippen LogP contribution is -2.43. The summed E-state index contributed by atoms with van der Waals surface area (Å²) in [6, 6.07) is 3.47. The van der Waals surface area contributed by atoms with Gasteiger partial charge in [-0.25, -0.2) is 4.98 Å². The number of nitrogens with one attached hydrogen (secondary N) is 2. The number of halogens is 1. The van der Waals surface area contributed by atoms with Crippen LogP contribution in [0.5, 0.6) is 0 Å². The molecule has 0 aliphatic rings. The smallest absolute Gasteiger partial charge is 0.239 e. The number of hydrogen-bond donors (Lipinski definition) is 2. The average molecular weight is 267 g/mol. The molecule has 0 saturated carbocycles. The van der Waals surface area contributed by atoms with Gasteiger partial charge in [-0.1, -0.05) is 11.6 Å². The molecular weight excluding hydrogens is 252 g/mol. The third-order valence-electron chi connectivity index (χ3n) is 1.94. The Bertz CT molecular complexity index is 488. The molecular formula is C12H15ClN4O. The molecule has 0 spiro atoms. The first-order valence-corrected chi connectivity index (χ1v) is 5.81. The van der Waals surface area contributed by atoms with Crippen LogP contribution < -0.4 is 10.6 Å². The Hall–Kier alpha value is -1.80. The largest absolute Gasteiger partial charge is 0.360 e. The van der Waals surface area contributed by atoms with Crippen molar-refractivity contribution in [2.75, 3.05) is 11.9 Å². The predicted octanol–water partition coefficient (Wildman–Crippen LogP) is 1.93. The lowest BCUT2D eigenvalue weighted by atomic mass is 10.1. The molecule has 2 N–H and O–H groups in total. The number of hydrogen-bond acceptors (Lipinski definition) is 4. The van der Waals surface area contributed by atoms with Crippen molar-refractivity contribution in [1.29, 1.82) is 5.26 Å². The number of nitriles is 1. The van der Waals surface area contributed by atoms with Gasteiger partial charge in [0, 0.05) is 11.7 Å². The Morgan fingerprint density at radius 1 is 1.56 bits per heavy atom. The molecule has 0 saturated heterocycles. The molecule has 18 heavy (non-hydrogen) atoms. The number of rotatable bonds is 3. The highest BCUT2D eigenvalue weighted by atomic mass is 35.5. The van der Waals surface area contributed by atoms with Crippen molar-refractivity contribution in [2.24, 2.45) is 0 Å². The van der Waals surface area contributed by atoms with Gasteiger partial charge in [0.25, 0.3) is 0 Å². The summed E-state index contributed by atoms with van der Waals surface area (Å²) in [7, 11) is 0. The highest BCUT2D eigenvalue weighted by Crippen LogP contribution is 2.22. The van der Waals surface area contributed by atoms with Crippen LogP contribution in [0.3, 0.4) is 0 Å². The van der Waals surface area contributed by atoms with E-state index in [2.05, 4.69) is 15.6 Å². The molecule has 0 radical (unpaired) electrons. The first-order valence-electron chi connectivity index (χ1n) is 5.43. The summed E-state index contributed by atoms with van der Waals surface area (Å²) in [6.07, 6.45) is 1.47. The molecule has 0 aliphatic heterocycles.